The number of hydrogen-bond donors (Lipinski definition) is 1. The van der Waals surface area contributed by atoms with Crippen LogP contribution in [0.5, 0.6) is 5.75 Å². The zero-order valence-electron chi connectivity index (χ0n) is 13.6. The molecule has 0 bridgehead atoms. The minimum Gasteiger partial charge on any atom is -0.497 e. The van der Waals surface area contributed by atoms with E-state index in [0.29, 0.717) is 16.6 Å². The van der Waals surface area contributed by atoms with Crippen molar-refractivity contribution in [3.05, 3.63) is 76.0 Å². The first-order valence-electron chi connectivity index (χ1n) is 7.53. The fraction of sp³-hybridized carbons (Fsp3) is 0.158. The molecule has 6 heteroatoms. The van der Waals surface area contributed by atoms with Crippen LogP contribution in [0.4, 0.5) is 0 Å². The van der Waals surface area contributed by atoms with Gasteiger partial charge in [0.1, 0.15) is 17.3 Å². The van der Waals surface area contributed by atoms with Gasteiger partial charge in [0.05, 0.1) is 18.7 Å². The van der Waals surface area contributed by atoms with Crippen molar-refractivity contribution in [2.75, 3.05) is 7.11 Å². The average Bonchev–Trinajstić information content (AvgIpc) is 3.04. The van der Waals surface area contributed by atoms with Gasteiger partial charge in [-0.25, -0.2) is 0 Å². The Balaban J connectivity index is 0.00000225. The van der Waals surface area contributed by atoms with Gasteiger partial charge in [-0.1, -0.05) is 35.3 Å². The maximum absolute atomic E-state index is 6.21. The lowest BCUT2D eigenvalue weighted by atomic mass is 10.2. The van der Waals surface area contributed by atoms with E-state index in [2.05, 4.69) is 5.32 Å². The fourth-order valence-electron chi connectivity index (χ4n) is 2.38. The lowest BCUT2D eigenvalue weighted by Gasteiger charge is -2.05. The topological polar surface area (TPSA) is 34.4 Å². The minimum absolute atomic E-state index is 0. The lowest BCUT2D eigenvalue weighted by Crippen LogP contribution is -2.11. The summed E-state index contributed by atoms with van der Waals surface area (Å²) in [6, 6.07) is 17.2. The van der Waals surface area contributed by atoms with E-state index in [1.54, 1.807) is 19.2 Å². The number of hydrogen-bond acceptors (Lipinski definition) is 3. The van der Waals surface area contributed by atoms with E-state index in [-0.39, 0.29) is 12.4 Å². The SMILES string of the molecule is COc1ccc(CNCc2ccc(-c3ccc(Cl)cc3Cl)o2)cc1.Cl. The highest BCUT2D eigenvalue weighted by Gasteiger charge is 2.09. The number of ether oxygens (including phenoxy) is 1. The molecule has 0 aliphatic rings. The van der Waals surface area contributed by atoms with Crippen LogP contribution in [0, 0.1) is 0 Å². The van der Waals surface area contributed by atoms with Crippen LogP contribution < -0.4 is 10.1 Å². The minimum atomic E-state index is 0. The molecular formula is C19H18Cl3NO2. The normalized spacial score (nSPS) is 10.4. The van der Waals surface area contributed by atoms with Crippen molar-refractivity contribution in [2.24, 2.45) is 0 Å². The van der Waals surface area contributed by atoms with Crippen LogP contribution in [0.3, 0.4) is 0 Å². The highest BCUT2D eigenvalue weighted by Crippen LogP contribution is 2.31. The molecule has 0 spiro atoms. The van der Waals surface area contributed by atoms with Gasteiger partial charge in [0.15, 0.2) is 0 Å². The van der Waals surface area contributed by atoms with Gasteiger partial charge < -0.3 is 14.5 Å². The van der Waals surface area contributed by atoms with Crippen LogP contribution in [0.25, 0.3) is 11.3 Å². The third kappa shape index (κ3) is 5.16. The molecule has 0 unspecified atom stereocenters. The summed E-state index contributed by atoms with van der Waals surface area (Å²) in [4.78, 5) is 0. The third-order valence-electron chi connectivity index (χ3n) is 3.65. The van der Waals surface area contributed by atoms with Crippen molar-refractivity contribution < 1.29 is 9.15 Å². The van der Waals surface area contributed by atoms with Crippen LogP contribution in [-0.2, 0) is 13.1 Å². The Morgan fingerprint density at radius 1 is 0.960 bits per heavy atom. The van der Waals surface area contributed by atoms with Crippen molar-refractivity contribution in [3.63, 3.8) is 0 Å². The first-order valence-corrected chi connectivity index (χ1v) is 8.29. The second-order valence-corrected chi connectivity index (χ2v) is 6.19. The Bertz CT molecular complexity index is 816. The molecule has 0 aliphatic heterocycles. The van der Waals surface area contributed by atoms with Gasteiger partial charge in [-0.3, -0.25) is 0 Å². The number of furan rings is 1. The molecule has 0 aliphatic carbocycles. The largest absolute Gasteiger partial charge is 0.497 e. The van der Waals surface area contributed by atoms with Crippen molar-refractivity contribution in [2.45, 2.75) is 13.1 Å². The molecule has 1 heterocycles. The van der Waals surface area contributed by atoms with Gasteiger partial charge in [-0.05, 0) is 48.0 Å². The summed E-state index contributed by atoms with van der Waals surface area (Å²) in [7, 11) is 1.66. The van der Waals surface area contributed by atoms with E-state index in [0.717, 1.165) is 29.4 Å². The smallest absolute Gasteiger partial charge is 0.135 e. The summed E-state index contributed by atoms with van der Waals surface area (Å²) >= 11 is 12.1. The van der Waals surface area contributed by atoms with Crippen molar-refractivity contribution in [1.82, 2.24) is 5.32 Å². The number of rotatable bonds is 6. The van der Waals surface area contributed by atoms with E-state index >= 15 is 0 Å². The monoisotopic (exact) mass is 397 g/mol. The van der Waals surface area contributed by atoms with Crippen LogP contribution in [0.2, 0.25) is 10.0 Å². The van der Waals surface area contributed by atoms with Crippen LogP contribution in [0.15, 0.2) is 59.0 Å². The fourth-order valence-corrected chi connectivity index (χ4v) is 2.88. The summed E-state index contributed by atoms with van der Waals surface area (Å²) in [5.41, 5.74) is 2.02. The van der Waals surface area contributed by atoms with Crippen molar-refractivity contribution in [1.29, 1.82) is 0 Å². The van der Waals surface area contributed by atoms with Crippen molar-refractivity contribution in [3.8, 4) is 17.1 Å². The highest BCUT2D eigenvalue weighted by atomic mass is 35.5. The molecule has 1 aromatic heterocycles. The highest BCUT2D eigenvalue weighted by molar-refractivity contribution is 6.36. The molecule has 0 amide bonds. The number of halogens is 3. The maximum Gasteiger partial charge on any atom is 0.135 e. The first kappa shape index (κ1) is 19.7. The molecule has 0 radical (unpaired) electrons. The number of benzene rings is 2. The van der Waals surface area contributed by atoms with Gasteiger partial charge in [0, 0.05) is 17.1 Å². The van der Waals surface area contributed by atoms with E-state index in [4.69, 9.17) is 32.4 Å². The zero-order valence-corrected chi connectivity index (χ0v) is 15.9. The van der Waals surface area contributed by atoms with Crippen LogP contribution in [0.1, 0.15) is 11.3 Å². The van der Waals surface area contributed by atoms with E-state index in [1.807, 2.05) is 42.5 Å². The van der Waals surface area contributed by atoms with Gasteiger partial charge in [-0.15, -0.1) is 12.4 Å². The molecule has 132 valence electrons. The van der Waals surface area contributed by atoms with E-state index in [9.17, 15) is 0 Å². The standard InChI is InChI=1S/C19H17Cl2NO2.ClH/c1-23-15-5-2-13(3-6-15)11-22-12-16-7-9-19(24-16)17-8-4-14(20)10-18(17)21;/h2-10,22H,11-12H2,1H3;1H. The molecular weight excluding hydrogens is 381 g/mol. The van der Waals surface area contributed by atoms with Gasteiger partial charge >= 0.3 is 0 Å². The molecule has 25 heavy (non-hydrogen) atoms. The molecule has 3 nitrogen and oxygen atoms in total. The van der Waals surface area contributed by atoms with E-state index in [1.165, 1.54) is 5.56 Å². The molecule has 0 saturated heterocycles. The quantitative estimate of drug-likeness (QED) is 0.555. The number of methoxy groups -OCH3 is 1. The Hall–Kier alpha value is -1.65. The molecule has 2 aromatic carbocycles. The summed E-state index contributed by atoms with van der Waals surface area (Å²) in [6.45, 7) is 1.39. The maximum atomic E-state index is 6.21. The average molecular weight is 399 g/mol. The van der Waals surface area contributed by atoms with E-state index < -0.39 is 0 Å². The molecule has 3 aromatic rings. The molecule has 1 N–H and O–H groups in total. The van der Waals surface area contributed by atoms with Gasteiger partial charge in [0.25, 0.3) is 0 Å². The molecule has 0 fully saturated rings. The summed E-state index contributed by atoms with van der Waals surface area (Å²) in [5.74, 6) is 2.44. The second-order valence-electron chi connectivity index (χ2n) is 5.34. The van der Waals surface area contributed by atoms with Crippen molar-refractivity contribution >= 4 is 35.6 Å². The Morgan fingerprint density at radius 2 is 1.72 bits per heavy atom. The Labute approximate surface area is 163 Å². The lowest BCUT2D eigenvalue weighted by molar-refractivity contribution is 0.414. The predicted octanol–water partition coefficient (Wildman–Crippen LogP) is 5.97. The summed E-state index contributed by atoms with van der Waals surface area (Å²) in [6.07, 6.45) is 0. The molecule has 3 rings (SSSR count). The second kappa shape index (κ2) is 9.16. The molecule has 0 saturated carbocycles. The van der Waals surface area contributed by atoms with Gasteiger partial charge in [-0.2, -0.15) is 0 Å². The zero-order chi connectivity index (χ0) is 16.9. The molecule has 0 atom stereocenters. The summed E-state index contributed by atoms with van der Waals surface area (Å²) in [5, 5.41) is 4.54. The first-order chi connectivity index (χ1) is 11.7. The number of nitrogens with one attached hydrogen (secondary N) is 1. The summed E-state index contributed by atoms with van der Waals surface area (Å²) < 4.78 is 11.0. The predicted molar refractivity (Wildman–Crippen MR) is 105 cm³/mol. The Morgan fingerprint density at radius 3 is 2.40 bits per heavy atom. The third-order valence-corrected chi connectivity index (χ3v) is 4.19. The van der Waals surface area contributed by atoms with Crippen LogP contribution >= 0.6 is 35.6 Å². The van der Waals surface area contributed by atoms with Gasteiger partial charge in [0.2, 0.25) is 0 Å². The van der Waals surface area contributed by atoms with Crippen LogP contribution in [-0.4, -0.2) is 7.11 Å². The Kier molecular flexibility index (Phi) is 7.21.